The molecule has 22 heavy (non-hydrogen) atoms. The van der Waals surface area contributed by atoms with Crippen molar-refractivity contribution in [2.24, 2.45) is 0 Å². The SMILES string of the molecule is CCn1nc(C)cc1C(=O)NC1CCCc2ccccc2C1. The van der Waals surface area contributed by atoms with Crippen molar-refractivity contribution in [2.45, 2.75) is 52.1 Å². The molecule has 1 N–H and O–H groups in total. The standard InChI is InChI=1S/C18H23N3O/c1-3-21-17(11-13(2)20-21)18(22)19-16-10-6-9-14-7-4-5-8-15(14)12-16/h4-5,7-8,11,16H,3,6,9-10,12H2,1-2H3,(H,19,22). The molecule has 0 spiro atoms. The maximum absolute atomic E-state index is 12.6. The molecule has 1 aromatic heterocycles. The summed E-state index contributed by atoms with van der Waals surface area (Å²) in [6, 6.07) is 10.6. The molecular weight excluding hydrogens is 274 g/mol. The minimum Gasteiger partial charge on any atom is -0.348 e. The van der Waals surface area contributed by atoms with E-state index < -0.39 is 0 Å². The maximum atomic E-state index is 12.6. The highest BCUT2D eigenvalue weighted by Gasteiger charge is 2.20. The number of fused-ring (bicyclic) bond motifs is 1. The van der Waals surface area contributed by atoms with Crippen LogP contribution in [0.15, 0.2) is 30.3 Å². The maximum Gasteiger partial charge on any atom is 0.269 e. The molecule has 1 atom stereocenters. The number of nitrogens with one attached hydrogen (secondary N) is 1. The summed E-state index contributed by atoms with van der Waals surface area (Å²) in [5.41, 5.74) is 4.34. The largest absolute Gasteiger partial charge is 0.348 e. The molecule has 0 radical (unpaired) electrons. The molecule has 0 saturated heterocycles. The van der Waals surface area contributed by atoms with Gasteiger partial charge in [-0.15, -0.1) is 0 Å². The van der Waals surface area contributed by atoms with Gasteiger partial charge in [-0.3, -0.25) is 9.48 Å². The van der Waals surface area contributed by atoms with Gasteiger partial charge in [0.1, 0.15) is 5.69 Å². The van der Waals surface area contributed by atoms with Crippen molar-refractivity contribution in [1.29, 1.82) is 0 Å². The first kappa shape index (κ1) is 14.8. The lowest BCUT2D eigenvalue weighted by Crippen LogP contribution is -2.37. The van der Waals surface area contributed by atoms with Crippen LogP contribution in [0.25, 0.3) is 0 Å². The zero-order chi connectivity index (χ0) is 15.5. The van der Waals surface area contributed by atoms with Gasteiger partial charge in [0.2, 0.25) is 0 Å². The van der Waals surface area contributed by atoms with Crippen LogP contribution in [0.5, 0.6) is 0 Å². The molecule has 1 unspecified atom stereocenters. The summed E-state index contributed by atoms with van der Waals surface area (Å²) in [5.74, 6) is -0.00756. The van der Waals surface area contributed by atoms with Crippen LogP contribution >= 0.6 is 0 Å². The first-order chi connectivity index (χ1) is 10.7. The van der Waals surface area contributed by atoms with Gasteiger partial charge in [-0.2, -0.15) is 5.10 Å². The van der Waals surface area contributed by atoms with E-state index >= 15 is 0 Å². The minimum atomic E-state index is -0.00756. The molecule has 1 heterocycles. The van der Waals surface area contributed by atoms with Crippen molar-refractivity contribution >= 4 is 5.91 Å². The molecule has 1 aliphatic rings. The molecule has 1 aromatic carbocycles. The van der Waals surface area contributed by atoms with Gasteiger partial charge >= 0.3 is 0 Å². The third-order valence-corrected chi connectivity index (χ3v) is 4.35. The quantitative estimate of drug-likeness (QED) is 0.886. The van der Waals surface area contributed by atoms with E-state index in [1.54, 1.807) is 4.68 Å². The molecular formula is C18H23N3O. The third kappa shape index (κ3) is 3.06. The highest BCUT2D eigenvalue weighted by atomic mass is 16.2. The van der Waals surface area contributed by atoms with Crippen molar-refractivity contribution in [3.05, 3.63) is 52.8 Å². The summed E-state index contributed by atoms with van der Waals surface area (Å²) in [7, 11) is 0. The van der Waals surface area contributed by atoms with E-state index in [0.29, 0.717) is 12.2 Å². The van der Waals surface area contributed by atoms with Crippen LogP contribution < -0.4 is 5.32 Å². The van der Waals surface area contributed by atoms with E-state index in [0.717, 1.165) is 31.4 Å². The summed E-state index contributed by atoms with van der Waals surface area (Å²) in [6.07, 6.45) is 4.17. The molecule has 1 aliphatic carbocycles. The summed E-state index contributed by atoms with van der Waals surface area (Å²) < 4.78 is 1.77. The first-order valence-electron chi connectivity index (χ1n) is 8.09. The van der Waals surface area contributed by atoms with Crippen LogP contribution in [0.1, 0.15) is 47.1 Å². The lowest BCUT2D eigenvalue weighted by molar-refractivity contribution is 0.0924. The van der Waals surface area contributed by atoms with Crippen molar-refractivity contribution in [2.75, 3.05) is 0 Å². The number of amides is 1. The van der Waals surface area contributed by atoms with Gasteiger partial charge in [-0.05, 0) is 56.7 Å². The first-order valence-corrected chi connectivity index (χ1v) is 8.09. The molecule has 4 heteroatoms. The van der Waals surface area contributed by atoms with Crippen LogP contribution in [0.4, 0.5) is 0 Å². The van der Waals surface area contributed by atoms with Gasteiger partial charge in [-0.1, -0.05) is 24.3 Å². The van der Waals surface area contributed by atoms with Gasteiger partial charge in [0, 0.05) is 12.6 Å². The Morgan fingerprint density at radius 3 is 2.91 bits per heavy atom. The van der Waals surface area contributed by atoms with E-state index in [9.17, 15) is 4.79 Å². The summed E-state index contributed by atoms with van der Waals surface area (Å²) >= 11 is 0. The van der Waals surface area contributed by atoms with Crippen molar-refractivity contribution in [1.82, 2.24) is 15.1 Å². The second kappa shape index (κ2) is 6.34. The summed E-state index contributed by atoms with van der Waals surface area (Å²) in [4.78, 5) is 12.6. The summed E-state index contributed by atoms with van der Waals surface area (Å²) in [6.45, 7) is 4.64. The van der Waals surface area contributed by atoms with E-state index in [4.69, 9.17) is 0 Å². The Bertz CT molecular complexity index is 675. The second-order valence-corrected chi connectivity index (χ2v) is 6.02. The number of nitrogens with zero attached hydrogens (tertiary/aromatic N) is 2. The van der Waals surface area contributed by atoms with Crippen molar-refractivity contribution in [3.8, 4) is 0 Å². The number of carbonyl (C=O) groups excluding carboxylic acids is 1. The molecule has 0 saturated carbocycles. The fraction of sp³-hybridized carbons (Fsp3) is 0.444. The van der Waals surface area contributed by atoms with E-state index in [2.05, 4.69) is 34.7 Å². The minimum absolute atomic E-state index is 0.00756. The average Bonchev–Trinajstić information content (AvgIpc) is 2.77. The van der Waals surface area contributed by atoms with Crippen LogP contribution in [0.3, 0.4) is 0 Å². The normalized spacial score (nSPS) is 17.6. The topological polar surface area (TPSA) is 46.9 Å². The van der Waals surface area contributed by atoms with E-state index in [1.165, 1.54) is 11.1 Å². The molecule has 116 valence electrons. The number of aryl methyl sites for hydroxylation is 3. The Morgan fingerprint density at radius 2 is 2.14 bits per heavy atom. The molecule has 3 rings (SSSR count). The van der Waals surface area contributed by atoms with Gasteiger partial charge < -0.3 is 5.32 Å². The van der Waals surface area contributed by atoms with Gasteiger partial charge in [0.25, 0.3) is 5.91 Å². The zero-order valence-electron chi connectivity index (χ0n) is 13.3. The monoisotopic (exact) mass is 297 g/mol. The number of hydrogen-bond acceptors (Lipinski definition) is 2. The third-order valence-electron chi connectivity index (χ3n) is 4.35. The van der Waals surface area contributed by atoms with Gasteiger partial charge in [0.15, 0.2) is 0 Å². The molecule has 2 aromatic rings. The average molecular weight is 297 g/mol. The smallest absolute Gasteiger partial charge is 0.269 e. The molecule has 0 bridgehead atoms. The van der Waals surface area contributed by atoms with Crippen LogP contribution in [0.2, 0.25) is 0 Å². The fourth-order valence-corrected chi connectivity index (χ4v) is 3.26. The second-order valence-electron chi connectivity index (χ2n) is 6.02. The highest BCUT2D eigenvalue weighted by molar-refractivity contribution is 5.92. The van der Waals surface area contributed by atoms with Gasteiger partial charge in [-0.25, -0.2) is 0 Å². The number of aromatic nitrogens is 2. The predicted octanol–water partition coefficient (Wildman–Crippen LogP) is 2.89. The lowest BCUT2D eigenvalue weighted by atomic mass is 10.0. The van der Waals surface area contributed by atoms with Crippen LogP contribution in [0, 0.1) is 6.92 Å². The Morgan fingerprint density at radius 1 is 1.36 bits per heavy atom. The van der Waals surface area contributed by atoms with Gasteiger partial charge in [0.05, 0.1) is 5.69 Å². The summed E-state index contributed by atoms with van der Waals surface area (Å²) in [5, 5.41) is 7.56. The lowest BCUT2D eigenvalue weighted by Gasteiger charge is -2.17. The number of rotatable bonds is 3. The van der Waals surface area contributed by atoms with Crippen LogP contribution in [-0.4, -0.2) is 21.7 Å². The number of hydrogen-bond donors (Lipinski definition) is 1. The Kier molecular flexibility index (Phi) is 4.27. The zero-order valence-corrected chi connectivity index (χ0v) is 13.3. The Hall–Kier alpha value is -2.10. The molecule has 0 fully saturated rings. The molecule has 0 aliphatic heterocycles. The molecule has 4 nitrogen and oxygen atoms in total. The van der Waals surface area contributed by atoms with Crippen LogP contribution in [-0.2, 0) is 19.4 Å². The van der Waals surface area contributed by atoms with Crippen molar-refractivity contribution < 1.29 is 4.79 Å². The van der Waals surface area contributed by atoms with Crippen molar-refractivity contribution in [3.63, 3.8) is 0 Å². The Balaban J connectivity index is 1.74. The molecule has 1 amide bonds. The predicted molar refractivity (Wildman–Crippen MR) is 87.0 cm³/mol. The highest BCUT2D eigenvalue weighted by Crippen LogP contribution is 2.21. The van der Waals surface area contributed by atoms with E-state index in [-0.39, 0.29) is 11.9 Å². The van der Waals surface area contributed by atoms with E-state index in [1.807, 2.05) is 19.9 Å². The fourth-order valence-electron chi connectivity index (χ4n) is 3.26. The number of benzene rings is 1. The number of carbonyl (C=O) groups is 1. The Labute approximate surface area is 131 Å².